The smallest absolute Gasteiger partial charge is 0.0622 e. The SMILES string of the molecule is CCCC(CC)C1COCCN1. The van der Waals surface area contributed by atoms with Crippen molar-refractivity contribution in [3.8, 4) is 0 Å². The zero-order valence-corrected chi connectivity index (χ0v) is 8.31. The monoisotopic (exact) mass is 171 g/mol. The second-order valence-electron chi connectivity index (χ2n) is 3.59. The van der Waals surface area contributed by atoms with Gasteiger partial charge in [0.1, 0.15) is 0 Å². The molecular weight excluding hydrogens is 150 g/mol. The van der Waals surface area contributed by atoms with Gasteiger partial charge in [0.25, 0.3) is 0 Å². The molecule has 1 heterocycles. The maximum absolute atomic E-state index is 5.45. The number of nitrogens with one attached hydrogen (secondary N) is 1. The molecule has 72 valence electrons. The lowest BCUT2D eigenvalue weighted by atomic mass is 9.92. The van der Waals surface area contributed by atoms with E-state index < -0.39 is 0 Å². The lowest BCUT2D eigenvalue weighted by Gasteiger charge is -2.30. The molecule has 1 aliphatic rings. The Morgan fingerprint density at radius 2 is 2.33 bits per heavy atom. The number of hydrogen-bond donors (Lipinski definition) is 1. The maximum Gasteiger partial charge on any atom is 0.0622 e. The Labute approximate surface area is 75.7 Å². The molecule has 0 radical (unpaired) electrons. The molecule has 0 saturated carbocycles. The largest absolute Gasteiger partial charge is 0.379 e. The Morgan fingerprint density at radius 1 is 1.50 bits per heavy atom. The van der Waals surface area contributed by atoms with Gasteiger partial charge in [-0.2, -0.15) is 0 Å². The van der Waals surface area contributed by atoms with Crippen LogP contribution < -0.4 is 5.32 Å². The van der Waals surface area contributed by atoms with Crippen LogP contribution in [0.4, 0.5) is 0 Å². The molecule has 2 nitrogen and oxygen atoms in total. The molecule has 0 aliphatic carbocycles. The molecule has 1 N–H and O–H groups in total. The van der Waals surface area contributed by atoms with E-state index >= 15 is 0 Å². The second-order valence-corrected chi connectivity index (χ2v) is 3.59. The van der Waals surface area contributed by atoms with Gasteiger partial charge in [0.2, 0.25) is 0 Å². The summed E-state index contributed by atoms with van der Waals surface area (Å²) in [4.78, 5) is 0. The van der Waals surface area contributed by atoms with Gasteiger partial charge in [0.05, 0.1) is 13.2 Å². The van der Waals surface area contributed by atoms with Crippen molar-refractivity contribution in [2.75, 3.05) is 19.8 Å². The molecule has 0 spiro atoms. The summed E-state index contributed by atoms with van der Waals surface area (Å²) in [5, 5.41) is 3.53. The number of ether oxygens (including phenoxy) is 1. The van der Waals surface area contributed by atoms with Crippen molar-refractivity contribution in [3.63, 3.8) is 0 Å². The number of rotatable bonds is 4. The van der Waals surface area contributed by atoms with Gasteiger partial charge in [-0.15, -0.1) is 0 Å². The van der Waals surface area contributed by atoms with Crippen LogP contribution >= 0.6 is 0 Å². The summed E-state index contributed by atoms with van der Waals surface area (Å²) in [5.41, 5.74) is 0. The van der Waals surface area contributed by atoms with E-state index in [9.17, 15) is 0 Å². The van der Waals surface area contributed by atoms with E-state index in [1.54, 1.807) is 0 Å². The van der Waals surface area contributed by atoms with E-state index in [4.69, 9.17) is 4.74 Å². The van der Waals surface area contributed by atoms with Crippen LogP contribution in [0.1, 0.15) is 33.1 Å². The molecule has 2 unspecified atom stereocenters. The number of morpholine rings is 1. The Bertz CT molecular complexity index is 108. The van der Waals surface area contributed by atoms with E-state index in [0.29, 0.717) is 6.04 Å². The minimum Gasteiger partial charge on any atom is -0.379 e. The molecule has 0 bridgehead atoms. The van der Waals surface area contributed by atoms with E-state index in [1.807, 2.05) is 0 Å². The van der Waals surface area contributed by atoms with Crippen molar-refractivity contribution in [1.29, 1.82) is 0 Å². The van der Waals surface area contributed by atoms with Crippen molar-refractivity contribution < 1.29 is 4.74 Å². The topological polar surface area (TPSA) is 21.3 Å². The van der Waals surface area contributed by atoms with Gasteiger partial charge in [-0.3, -0.25) is 0 Å². The standard InChI is InChI=1S/C10H21NO/c1-3-5-9(4-2)10-8-12-7-6-11-10/h9-11H,3-8H2,1-2H3. The third-order valence-electron chi connectivity index (χ3n) is 2.70. The predicted octanol–water partition coefficient (Wildman–Crippen LogP) is 1.80. The van der Waals surface area contributed by atoms with Gasteiger partial charge in [0, 0.05) is 12.6 Å². The van der Waals surface area contributed by atoms with Crippen molar-refractivity contribution in [3.05, 3.63) is 0 Å². The van der Waals surface area contributed by atoms with E-state index in [-0.39, 0.29) is 0 Å². The van der Waals surface area contributed by atoms with Gasteiger partial charge < -0.3 is 10.1 Å². The van der Waals surface area contributed by atoms with Crippen LogP contribution in [0.15, 0.2) is 0 Å². The zero-order valence-electron chi connectivity index (χ0n) is 8.31. The highest BCUT2D eigenvalue weighted by atomic mass is 16.5. The fourth-order valence-corrected chi connectivity index (χ4v) is 1.95. The Hall–Kier alpha value is -0.0800. The molecule has 12 heavy (non-hydrogen) atoms. The predicted molar refractivity (Wildman–Crippen MR) is 51.3 cm³/mol. The Morgan fingerprint density at radius 3 is 2.83 bits per heavy atom. The third-order valence-corrected chi connectivity index (χ3v) is 2.70. The molecular formula is C10H21NO. The summed E-state index contributed by atoms with van der Waals surface area (Å²) in [6.45, 7) is 7.37. The van der Waals surface area contributed by atoms with E-state index in [0.717, 1.165) is 25.7 Å². The van der Waals surface area contributed by atoms with E-state index in [2.05, 4.69) is 19.2 Å². The molecule has 0 amide bonds. The molecule has 1 rings (SSSR count). The van der Waals surface area contributed by atoms with Crippen LogP contribution in [0.5, 0.6) is 0 Å². The normalized spacial score (nSPS) is 27.0. The second kappa shape index (κ2) is 5.55. The summed E-state index contributed by atoms with van der Waals surface area (Å²) in [6, 6.07) is 0.615. The quantitative estimate of drug-likeness (QED) is 0.696. The summed E-state index contributed by atoms with van der Waals surface area (Å²) in [6.07, 6.45) is 3.89. The van der Waals surface area contributed by atoms with Crippen molar-refractivity contribution in [2.45, 2.75) is 39.2 Å². The summed E-state index contributed by atoms with van der Waals surface area (Å²) in [5.74, 6) is 0.815. The first-order valence-corrected chi connectivity index (χ1v) is 5.19. The average molecular weight is 171 g/mol. The summed E-state index contributed by atoms with van der Waals surface area (Å²) >= 11 is 0. The van der Waals surface area contributed by atoms with Crippen molar-refractivity contribution in [1.82, 2.24) is 5.32 Å². The molecule has 0 aromatic carbocycles. The highest BCUT2D eigenvalue weighted by Gasteiger charge is 2.21. The van der Waals surface area contributed by atoms with Crippen LogP contribution in [-0.4, -0.2) is 25.8 Å². The minimum absolute atomic E-state index is 0.615. The average Bonchev–Trinajstić information content (AvgIpc) is 2.15. The van der Waals surface area contributed by atoms with Gasteiger partial charge in [-0.25, -0.2) is 0 Å². The molecule has 0 aromatic rings. The van der Waals surface area contributed by atoms with Crippen LogP contribution in [0, 0.1) is 5.92 Å². The van der Waals surface area contributed by atoms with Gasteiger partial charge in [0.15, 0.2) is 0 Å². The number of hydrogen-bond acceptors (Lipinski definition) is 2. The van der Waals surface area contributed by atoms with Gasteiger partial charge >= 0.3 is 0 Å². The Kier molecular flexibility index (Phi) is 4.62. The first-order chi connectivity index (χ1) is 5.88. The van der Waals surface area contributed by atoms with Crippen LogP contribution in [-0.2, 0) is 4.74 Å². The fraction of sp³-hybridized carbons (Fsp3) is 1.00. The van der Waals surface area contributed by atoms with Crippen molar-refractivity contribution in [2.24, 2.45) is 5.92 Å². The van der Waals surface area contributed by atoms with Crippen LogP contribution in [0.2, 0.25) is 0 Å². The first-order valence-electron chi connectivity index (χ1n) is 5.19. The fourth-order valence-electron chi connectivity index (χ4n) is 1.95. The highest BCUT2D eigenvalue weighted by Crippen LogP contribution is 2.17. The van der Waals surface area contributed by atoms with Gasteiger partial charge in [-0.1, -0.05) is 26.7 Å². The zero-order chi connectivity index (χ0) is 8.81. The molecule has 1 aliphatic heterocycles. The van der Waals surface area contributed by atoms with Crippen molar-refractivity contribution >= 4 is 0 Å². The van der Waals surface area contributed by atoms with Gasteiger partial charge in [-0.05, 0) is 12.3 Å². The summed E-state index contributed by atoms with van der Waals surface area (Å²) < 4.78 is 5.45. The van der Waals surface area contributed by atoms with E-state index in [1.165, 1.54) is 19.3 Å². The summed E-state index contributed by atoms with van der Waals surface area (Å²) in [7, 11) is 0. The lowest BCUT2D eigenvalue weighted by molar-refractivity contribution is 0.0539. The molecule has 1 saturated heterocycles. The Balaban J connectivity index is 2.29. The molecule has 0 aromatic heterocycles. The first kappa shape index (κ1) is 10.0. The molecule has 1 fully saturated rings. The lowest BCUT2D eigenvalue weighted by Crippen LogP contribution is -2.45. The molecule has 2 atom stereocenters. The van der Waals surface area contributed by atoms with Crippen LogP contribution in [0.25, 0.3) is 0 Å². The minimum atomic E-state index is 0.615. The maximum atomic E-state index is 5.45. The molecule has 2 heteroatoms. The highest BCUT2D eigenvalue weighted by molar-refractivity contribution is 4.77. The third kappa shape index (κ3) is 2.76. The van der Waals surface area contributed by atoms with Crippen LogP contribution in [0.3, 0.4) is 0 Å².